The molecule has 3 aromatic rings. The molecule has 3 aromatic carbocycles. The van der Waals surface area contributed by atoms with Gasteiger partial charge in [-0.05, 0) is 43.3 Å². The smallest absolute Gasteiger partial charge is 0.279 e. The van der Waals surface area contributed by atoms with Crippen LogP contribution >= 0.6 is 0 Å². The van der Waals surface area contributed by atoms with Gasteiger partial charge in [-0.3, -0.25) is 9.59 Å². The molecule has 3 rings (SSSR count). The van der Waals surface area contributed by atoms with Crippen LogP contribution in [0.2, 0.25) is 0 Å². The summed E-state index contributed by atoms with van der Waals surface area (Å²) in [5.74, 6) is 0.252. The van der Waals surface area contributed by atoms with Crippen molar-refractivity contribution < 1.29 is 19.6 Å². The summed E-state index contributed by atoms with van der Waals surface area (Å²) in [6, 6.07) is 24.2. The SMILES string of the molecule is COc1ccc(NC(=O)c2ccccc2NC(=O)C[NH2+][C@@H](C)c2ccccc2)cc1. The normalized spacial score (nSPS) is 11.4. The number of nitrogens with two attached hydrogens (primary N) is 1. The Balaban J connectivity index is 1.61. The van der Waals surface area contributed by atoms with E-state index >= 15 is 0 Å². The molecule has 30 heavy (non-hydrogen) atoms. The molecule has 0 radical (unpaired) electrons. The maximum atomic E-state index is 12.7. The van der Waals surface area contributed by atoms with E-state index in [1.807, 2.05) is 35.6 Å². The highest BCUT2D eigenvalue weighted by Gasteiger charge is 2.15. The number of carbonyl (C=O) groups is 2. The number of rotatable bonds is 8. The summed E-state index contributed by atoms with van der Waals surface area (Å²) in [5, 5.41) is 7.66. The van der Waals surface area contributed by atoms with Gasteiger partial charge in [-0.1, -0.05) is 42.5 Å². The number of methoxy groups -OCH3 is 1. The number of quaternary nitrogens is 1. The predicted molar refractivity (Wildman–Crippen MR) is 118 cm³/mol. The van der Waals surface area contributed by atoms with Crippen molar-refractivity contribution in [2.24, 2.45) is 0 Å². The molecule has 0 saturated heterocycles. The van der Waals surface area contributed by atoms with Gasteiger partial charge >= 0.3 is 0 Å². The monoisotopic (exact) mass is 404 g/mol. The van der Waals surface area contributed by atoms with Crippen molar-refractivity contribution in [3.8, 4) is 5.75 Å². The minimum atomic E-state index is -0.294. The zero-order valence-corrected chi connectivity index (χ0v) is 17.1. The van der Waals surface area contributed by atoms with E-state index in [4.69, 9.17) is 4.74 Å². The molecule has 0 unspecified atom stereocenters. The number of amides is 2. The van der Waals surface area contributed by atoms with E-state index < -0.39 is 0 Å². The van der Waals surface area contributed by atoms with Gasteiger partial charge in [0.2, 0.25) is 0 Å². The van der Waals surface area contributed by atoms with E-state index in [-0.39, 0.29) is 24.4 Å². The summed E-state index contributed by atoms with van der Waals surface area (Å²) in [7, 11) is 1.59. The molecule has 0 aromatic heterocycles. The summed E-state index contributed by atoms with van der Waals surface area (Å²) in [6.45, 7) is 2.31. The summed E-state index contributed by atoms with van der Waals surface area (Å²) in [6.07, 6.45) is 0. The first-order valence-electron chi connectivity index (χ1n) is 9.79. The molecule has 2 amide bonds. The fourth-order valence-electron chi connectivity index (χ4n) is 3.04. The van der Waals surface area contributed by atoms with Crippen LogP contribution in [0.15, 0.2) is 78.9 Å². The first-order valence-corrected chi connectivity index (χ1v) is 9.79. The number of ether oxygens (including phenoxy) is 1. The van der Waals surface area contributed by atoms with Crippen LogP contribution in [0.1, 0.15) is 28.9 Å². The molecule has 0 aliphatic rings. The number of carbonyl (C=O) groups excluding carboxylic acids is 2. The fourth-order valence-corrected chi connectivity index (χ4v) is 3.04. The van der Waals surface area contributed by atoms with Crippen LogP contribution in [0.25, 0.3) is 0 Å². The third kappa shape index (κ3) is 5.68. The van der Waals surface area contributed by atoms with E-state index in [1.54, 1.807) is 55.6 Å². The number of hydrogen-bond donors (Lipinski definition) is 3. The lowest BCUT2D eigenvalue weighted by Crippen LogP contribution is -2.86. The largest absolute Gasteiger partial charge is 0.497 e. The van der Waals surface area contributed by atoms with Gasteiger partial charge in [0.05, 0.1) is 18.4 Å². The van der Waals surface area contributed by atoms with Crippen molar-refractivity contribution in [3.05, 3.63) is 90.0 Å². The maximum Gasteiger partial charge on any atom is 0.279 e. The topological polar surface area (TPSA) is 84.0 Å². The van der Waals surface area contributed by atoms with Crippen molar-refractivity contribution in [1.82, 2.24) is 0 Å². The summed E-state index contributed by atoms with van der Waals surface area (Å²) >= 11 is 0. The molecule has 0 spiro atoms. The van der Waals surface area contributed by atoms with Crippen molar-refractivity contribution in [1.29, 1.82) is 0 Å². The van der Waals surface area contributed by atoms with Crippen LogP contribution in [0, 0.1) is 0 Å². The van der Waals surface area contributed by atoms with Crippen molar-refractivity contribution in [2.45, 2.75) is 13.0 Å². The number of benzene rings is 3. The lowest BCUT2D eigenvalue weighted by atomic mass is 10.1. The summed E-state index contributed by atoms with van der Waals surface area (Å²) in [4.78, 5) is 25.2. The zero-order valence-electron chi connectivity index (χ0n) is 17.1. The molecular weight excluding hydrogens is 378 g/mol. The van der Waals surface area contributed by atoms with Crippen LogP contribution < -0.4 is 20.7 Å². The number of anilines is 2. The molecule has 0 heterocycles. The molecule has 0 aliphatic carbocycles. The second-order valence-electron chi connectivity index (χ2n) is 6.92. The van der Waals surface area contributed by atoms with Gasteiger partial charge in [-0.15, -0.1) is 0 Å². The Morgan fingerprint density at radius 2 is 1.57 bits per heavy atom. The Labute approximate surface area is 176 Å². The average molecular weight is 404 g/mol. The first-order chi connectivity index (χ1) is 14.6. The first kappa shape index (κ1) is 21.1. The third-order valence-electron chi connectivity index (χ3n) is 4.78. The number of para-hydroxylation sites is 1. The van der Waals surface area contributed by atoms with Crippen LogP contribution in [-0.4, -0.2) is 25.5 Å². The van der Waals surface area contributed by atoms with Crippen molar-refractivity contribution >= 4 is 23.2 Å². The van der Waals surface area contributed by atoms with Crippen LogP contribution in [0.4, 0.5) is 11.4 Å². The van der Waals surface area contributed by atoms with Crippen molar-refractivity contribution in [3.63, 3.8) is 0 Å². The molecule has 0 bridgehead atoms. The van der Waals surface area contributed by atoms with E-state index in [1.165, 1.54) is 0 Å². The summed E-state index contributed by atoms with van der Waals surface area (Å²) in [5.41, 5.74) is 2.68. The van der Waals surface area contributed by atoms with E-state index in [2.05, 4.69) is 17.6 Å². The maximum absolute atomic E-state index is 12.7. The molecule has 6 heteroatoms. The molecule has 0 aliphatic heterocycles. The lowest BCUT2D eigenvalue weighted by molar-refractivity contribution is -0.682. The van der Waals surface area contributed by atoms with Gasteiger partial charge in [0.15, 0.2) is 6.54 Å². The molecule has 0 fully saturated rings. The van der Waals surface area contributed by atoms with Crippen LogP contribution in [0.5, 0.6) is 5.75 Å². The van der Waals surface area contributed by atoms with E-state index in [0.29, 0.717) is 22.7 Å². The minimum absolute atomic E-state index is 0.158. The van der Waals surface area contributed by atoms with Gasteiger partial charge in [-0.2, -0.15) is 0 Å². The van der Waals surface area contributed by atoms with Crippen LogP contribution in [0.3, 0.4) is 0 Å². The quantitative estimate of drug-likeness (QED) is 0.539. The Bertz CT molecular complexity index is 988. The lowest BCUT2D eigenvalue weighted by Gasteiger charge is -2.13. The minimum Gasteiger partial charge on any atom is -0.497 e. The molecule has 154 valence electrons. The Hall–Kier alpha value is -3.64. The van der Waals surface area contributed by atoms with Gasteiger partial charge in [-0.25, -0.2) is 0 Å². The Morgan fingerprint density at radius 1 is 0.900 bits per heavy atom. The van der Waals surface area contributed by atoms with Crippen LogP contribution in [-0.2, 0) is 4.79 Å². The van der Waals surface area contributed by atoms with Gasteiger partial charge in [0.25, 0.3) is 11.8 Å². The number of hydrogen-bond acceptors (Lipinski definition) is 3. The zero-order chi connectivity index (χ0) is 21.3. The van der Waals surface area contributed by atoms with Crippen molar-refractivity contribution in [2.75, 3.05) is 24.3 Å². The average Bonchev–Trinajstić information content (AvgIpc) is 2.79. The van der Waals surface area contributed by atoms with Gasteiger partial charge in [0.1, 0.15) is 11.8 Å². The second-order valence-corrected chi connectivity index (χ2v) is 6.92. The highest BCUT2D eigenvalue weighted by Crippen LogP contribution is 2.19. The highest BCUT2D eigenvalue weighted by atomic mass is 16.5. The van der Waals surface area contributed by atoms with Gasteiger partial charge in [0, 0.05) is 11.3 Å². The molecule has 1 atom stereocenters. The fraction of sp³-hybridized carbons (Fsp3) is 0.167. The third-order valence-corrected chi connectivity index (χ3v) is 4.78. The molecule has 0 saturated carbocycles. The van der Waals surface area contributed by atoms with Gasteiger partial charge < -0.3 is 20.7 Å². The predicted octanol–water partition coefficient (Wildman–Crippen LogP) is 3.21. The molecule has 6 nitrogen and oxygen atoms in total. The number of nitrogens with one attached hydrogen (secondary N) is 2. The standard InChI is InChI=1S/C24H25N3O3/c1-17(18-8-4-3-5-9-18)25-16-23(28)27-22-11-7-6-10-21(22)24(29)26-19-12-14-20(30-2)15-13-19/h3-15,17,25H,16H2,1-2H3,(H,26,29)(H,27,28)/p+1/t17-/m0/s1. The Kier molecular flexibility index (Phi) is 7.19. The summed E-state index contributed by atoms with van der Waals surface area (Å²) < 4.78 is 5.13. The highest BCUT2D eigenvalue weighted by molar-refractivity contribution is 6.10. The van der Waals surface area contributed by atoms with E-state index in [9.17, 15) is 9.59 Å². The molecular formula is C24H26N3O3+. The second kappa shape index (κ2) is 10.2. The Morgan fingerprint density at radius 3 is 2.27 bits per heavy atom. The van der Waals surface area contributed by atoms with E-state index in [0.717, 1.165) is 5.56 Å². The molecule has 4 N–H and O–H groups in total.